The van der Waals surface area contributed by atoms with E-state index in [4.69, 9.17) is 0 Å². The molecular formula is C14H21N5O. The summed E-state index contributed by atoms with van der Waals surface area (Å²) in [4.78, 5) is 12.3. The number of carbonyl (C=O) groups excluding carboxylic acids is 1. The van der Waals surface area contributed by atoms with E-state index in [2.05, 4.69) is 15.5 Å². The molecule has 108 valence electrons. The van der Waals surface area contributed by atoms with Crippen molar-refractivity contribution in [1.29, 1.82) is 0 Å². The fourth-order valence-electron chi connectivity index (χ4n) is 2.38. The van der Waals surface area contributed by atoms with E-state index in [1.807, 2.05) is 38.6 Å². The topological polar surface area (TPSA) is 64.7 Å². The van der Waals surface area contributed by atoms with Crippen LogP contribution in [0.3, 0.4) is 0 Å². The van der Waals surface area contributed by atoms with Gasteiger partial charge in [0.1, 0.15) is 5.69 Å². The highest BCUT2D eigenvalue weighted by atomic mass is 16.2. The molecule has 1 N–H and O–H groups in total. The fraction of sp³-hybridized carbons (Fsp3) is 0.500. The van der Waals surface area contributed by atoms with E-state index in [1.54, 1.807) is 17.8 Å². The van der Waals surface area contributed by atoms with Crippen molar-refractivity contribution >= 4 is 5.91 Å². The van der Waals surface area contributed by atoms with Gasteiger partial charge in [-0.3, -0.25) is 14.2 Å². The number of aromatic nitrogens is 4. The second kappa shape index (κ2) is 5.48. The minimum Gasteiger partial charge on any atom is -0.344 e. The predicted octanol–water partition coefficient (Wildman–Crippen LogP) is 1.74. The van der Waals surface area contributed by atoms with E-state index in [0.29, 0.717) is 5.69 Å². The molecule has 1 amide bonds. The molecule has 20 heavy (non-hydrogen) atoms. The number of nitrogens with zero attached hydrogens (tertiary/aromatic N) is 4. The SMILES string of the molecule is CCn1ncc(C(C)NC(=O)c2cc(C)nn2C)c1C. The fourth-order valence-corrected chi connectivity index (χ4v) is 2.38. The van der Waals surface area contributed by atoms with E-state index in [0.717, 1.165) is 23.5 Å². The zero-order valence-corrected chi connectivity index (χ0v) is 12.6. The molecule has 0 aliphatic rings. The molecule has 1 unspecified atom stereocenters. The zero-order valence-electron chi connectivity index (χ0n) is 12.6. The van der Waals surface area contributed by atoms with Crippen LogP contribution in [0.4, 0.5) is 0 Å². The van der Waals surface area contributed by atoms with Crippen molar-refractivity contribution in [3.05, 3.63) is 34.9 Å². The molecule has 0 radical (unpaired) electrons. The Labute approximate surface area is 118 Å². The molecule has 0 fully saturated rings. The van der Waals surface area contributed by atoms with Gasteiger partial charge < -0.3 is 5.32 Å². The summed E-state index contributed by atoms with van der Waals surface area (Å²) in [5, 5.41) is 11.5. The number of hydrogen-bond acceptors (Lipinski definition) is 3. The van der Waals surface area contributed by atoms with Crippen molar-refractivity contribution in [3.8, 4) is 0 Å². The van der Waals surface area contributed by atoms with Crippen molar-refractivity contribution in [1.82, 2.24) is 24.9 Å². The average Bonchev–Trinajstić information content (AvgIpc) is 2.91. The van der Waals surface area contributed by atoms with Gasteiger partial charge in [-0.15, -0.1) is 0 Å². The van der Waals surface area contributed by atoms with Crippen LogP contribution in [0.15, 0.2) is 12.3 Å². The molecule has 6 nitrogen and oxygen atoms in total. The molecule has 0 spiro atoms. The van der Waals surface area contributed by atoms with Crippen LogP contribution in [0.5, 0.6) is 0 Å². The lowest BCUT2D eigenvalue weighted by Gasteiger charge is -2.14. The summed E-state index contributed by atoms with van der Waals surface area (Å²) in [5.74, 6) is -0.121. The first kappa shape index (κ1) is 14.3. The molecule has 0 saturated carbocycles. The Hall–Kier alpha value is -2.11. The molecule has 6 heteroatoms. The number of carbonyl (C=O) groups is 1. The molecule has 0 bridgehead atoms. The van der Waals surface area contributed by atoms with Gasteiger partial charge in [0.2, 0.25) is 0 Å². The van der Waals surface area contributed by atoms with E-state index in [9.17, 15) is 4.79 Å². The van der Waals surface area contributed by atoms with Gasteiger partial charge in [-0.2, -0.15) is 10.2 Å². The van der Waals surface area contributed by atoms with Gasteiger partial charge in [0, 0.05) is 24.8 Å². The first-order valence-corrected chi connectivity index (χ1v) is 6.77. The summed E-state index contributed by atoms with van der Waals surface area (Å²) in [6, 6.07) is 1.70. The minimum atomic E-state index is -0.121. The quantitative estimate of drug-likeness (QED) is 0.924. The van der Waals surface area contributed by atoms with Crippen LogP contribution in [0.25, 0.3) is 0 Å². The van der Waals surface area contributed by atoms with Crippen LogP contribution in [-0.4, -0.2) is 25.5 Å². The highest BCUT2D eigenvalue weighted by Crippen LogP contribution is 2.17. The molecule has 2 rings (SSSR count). The summed E-state index contributed by atoms with van der Waals surface area (Å²) >= 11 is 0. The van der Waals surface area contributed by atoms with Crippen LogP contribution in [0.2, 0.25) is 0 Å². The van der Waals surface area contributed by atoms with E-state index in [1.165, 1.54) is 0 Å². The Bertz CT molecular complexity index is 626. The van der Waals surface area contributed by atoms with Crippen LogP contribution < -0.4 is 5.32 Å². The van der Waals surface area contributed by atoms with Gasteiger partial charge in [-0.1, -0.05) is 0 Å². The van der Waals surface area contributed by atoms with Crippen LogP contribution in [0, 0.1) is 13.8 Å². The first-order chi connectivity index (χ1) is 9.43. The van der Waals surface area contributed by atoms with Gasteiger partial charge in [-0.25, -0.2) is 0 Å². The Balaban J connectivity index is 2.15. The maximum absolute atomic E-state index is 12.3. The van der Waals surface area contributed by atoms with Gasteiger partial charge >= 0.3 is 0 Å². The number of nitrogens with one attached hydrogen (secondary N) is 1. The van der Waals surface area contributed by atoms with Crippen molar-refractivity contribution in [2.45, 2.75) is 40.3 Å². The normalized spacial score (nSPS) is 12.4. The van der Waals surface area contributed by atoms with Crippen molar-refractivity contribution in [3.63, 3.8) is 0 Å². The third-order valence-electron chi connectivity index (χ3n) is 3.49. The molecule has 0 aromatic carbocycles. The van der Waals surface area contributed by atoms with Gasteiger partial charge in [0.25, 0.3) is 5.91 Å². The summed E-state index contributed by atoms with van der Waals surface area (Å²) in [7, 11) is 1.77. The molecule has 1 atom stereocenters. The lowest BCUT2D eigenvalue weighted by molar-refractivity contribution is 0.0930. The van der Waals surface area contributed by atoms with E-state index in [-0.39, 0.29) is 11.9 Å². The van der Waals surface area contributed by atoms with E-state index >= 15 is 0 Å². The Morgan fingerprint density at radius 1 is 1.45 bits per heavy atom. The second-order valence-corrected chi connectivity index (χ2v) is 4.99. The lowest BCUT2D eigenvalue weighted by Crippen LogP contribution is -2.28. The highest BCUT2D eigenvalue weighted by molar-refractivity contribution is 5.92. The number of aryl methyl sites for hydroxylation is 3. The molecule has 2 aromatic rings. The maximum Gasteiger partial charge on any atom is 0.270 e. The Morgan fingerprint density at radius 2 is 2.15 bits per heavy atom. The molecular weight excluding hydrogens is 254 g/mol. The Morgan fingerprint density at radius 3 is 2.65 bits per heavy atom. The second-order valence-electron chi connectivity index (χ2n) is 4.99. The zero-order chi connectivity index (χ0) is 14.9. The lowest BCUT2D eigenvalue weighted by atomic mass is 10.1. The van der Waals surface area contributed by atoms with Crippen LogP contribution in [0.1, 0.15) is 47.3 Å². The minimum absolute atomic E-state index is 0.0852. The summed E-state index contributed by atoms with van der Waals surface area (Å²) in [5.41, 5.74) is 3.52. The molecule has 0 saturated heterocycles. The largest absolute Gasteiger partial charge is 0.344 e. The van der Waals surface area contributed by atoms with Crippen molar-refractivity contribution in [2.24, 2.45) is 7.05 Å². The third kappa shape index (κ3) is 2.59. The van der Waals surface area contributed by atoms with Gasteiger partial charge in [0.05, 0.1) is 17.9 Å². The summed E-state index contributed by atoms with van der Waals surface area (Å²) in [6.45, 7) is 8.72. The number of rotatable bonds is 4. The molecule has 0 aliphatic carbocycles. The molecule has 2 aromatic heterocycles. The predicted molar refractivity (Wildman–Crippen MR) is 76.5 cm³/mol. The first-order valence-electron chi connectivity index (χ1n) is 6.77. The van der Waals surface area contributed by atoms with Crippen molar-refractivity contribution < 1.29 is 4.79 Å². The van der Waals surface area contributed by atoms with Crippen molar-refractivity contribution in [2.75, 3.05) is 0 Å². The highest BCUT2D eigenvalue weighted by Gasteiger charge is 2.18. The van der Waals surface area contributed by atoms with Crippen LogP contribution in [-0.2, 0) is 13.6 Å². The Kier molecular flexibility index (Phi) is 3.92. The third-order valence-corrected chi connectivity index (χ3v) is 3.49. The standard InChI is InChI=1S/C14H21N5O/c1-6-19-11(4)12(8-15-19)10(3)16-14(20)13-7-9(2)17-18(13)5/h7-8,10H,6H2,1-5H3,(H,16,20). The molecule has 2 heterocycles. The smallest absolute Gasteiger partial charge is 0.270 e. The maximum atomic E-state index is 12.3. The number of amides is 1. The van der Waals surface area contributed by atoms with Crippen LogP contribution >= 0.6 is 0 Å². The van der Waals surface area contributed by atoms with Gasteiger partial charge in [-0.05, 0) is 33.8 Å². The monoisotopic (exact) mass is 275 g/mol. The number of hydrogen-bond donors (Lipinski definition) is 1. The summed E-state index contributed by atoms with van der Waals surface area (Å²) in [6.07, 6.45) is 1.82. The summed E-state index contributed by atoms with van der Waals surface area (Å²) < 4.78 is 3.52. The molecule has 0 aliphatic heterocycles. The average molecular weight is 275 g/mol. The van der Waals surface area contributed by atoms with E-state index < -0.39 is 0 Å². The van der Waals surface area contributed by atoms with Gasteiger partial charge in [0.15, 0.2) is 0 Å².